The summed E-state index contributed by atoms with van der Waals surface area (Å²) in [6.07, 6.45) is 0. The van der Waals surface area contributed by atoms with Crippen molar-refractivity contribution in [3.63, 3.8) is 0 Å². The molecule has 0 rings (SSSR count). The van der Waals surface area contributed by atoms with Crippen LogP contribution in [-0.4, -0.2) is 47.1 Å². The molecule has 0 aliphatic rings. The zero-order valence-corrected chi connectivity index (χ0v) is 6.27. The molecule has 6 nitrogen and oxygen atoms in total. The van der Waals surface area contributed by atoms with Crippen molar-refractivity contribution in [1.82, 2.24) is 0 Å². The van der Waals surface area contributed by atoms with E-state index in [1.807, 2.05) is 0 Å². The number of aliphatic hydroxyl groups is 2. The quantitative estimate of drug-likeness (QED) is 0.430. The summed E-state index contributed by atoms with van der Waals surface area (Å²) in [4.78, 5) is 20.6. The molecule has 0 aromatic rings. The van der Waals surface area contributed by atoms with Gasteiger partial charge in [-0.2, -0.15) is 0 Å². The lowest BCUT2D eigenvalue weighted by molar-refractivity contribution is -0.160. The van der Waals surface area contributed by atoms with Crippen LogP contribution in [0.25, 0.3) is 0 Å². The van der Waals surface area contributed by atoms with E-state index in [9.17, 15) is 9.59 Å². The number of carbonyl (C=O) groups is 2. The van der Waals surface area contributed by atoms with Crippen LogP contribution < -0.4 is 0 Å². The van der Waals surface area contributed by atoms with E-state index in [0.29, 0.717) is 0 Å². The molecule has 0 heterocycles. The van der Waals surface area contributed by atoms with Crippen LogP contribution >= 0.6 is 0 Å². The molecule has 0 unspecified atom stereocenters. The Hall–Kier alpha value is -1.14. The van der Waals surface area contributed by atoms with E-state index < -0.39 is 37.7 Å². The maximum absolute atomic E-state index is 10.7. The van der Waals surface area contributed by atoms with Crippen LogP contribution in [0.4, 0.5) is 0 Å². The monoisotopic (exact) mass is 178 g/mol. The first kappa shape index (κ1) is 10.9. The van der Waals surface area contributed by atoms with Crippen LogP contribution in [0.2, 0.25) is 0 Å². The van der Waals surface area contributed by atoms with Crippen LogP contribution in [0.3, 0.4) is 0 Å². The Bertz CT molecular complexity index is 161. The summed E-state index contributed by atoms with van der Waals surface area (Å²) in [5, 5.41) is 25.0. The first-order chi connectivity index (χ1) is 5.61. The highest BCUT2D eigenvalue weighted by Gasteiger charge is 2.18. The number of carboxylic acid groups (broad SMARTS) is 1. The fraction of sp³-hybridized carbons (Fsp3) is 0.667. The first-order valence-electron chi connectivity index (χ1n) is 3.22. The molecule has 0 aromatic heterocycles. The van der Waals surface area contributed by atoms with Gasteiger partial charge in [-0.3, -0.25) is 4.79 Å². The zero-order chi connectivity index (χ0) is 9.56. The number of rotatable bonds is 5. The summed E-state index contributed by atoms with van der Waals surface area (Å²) in [7, 11) is 0. The molecule has 0 radical (unpaired) electrons. The first-order valence-corrected chi connectivity index (χ1v) is 3.22. The lowest BCUT2D eigenvalue weighted by atomic mass is 10.2. The number of carboxylic acids is 1. The normalized spacial score (nSPS) is 9.92. The van der Waals surface area contributed by atoms with E-state index in [1.165, 1.54) is 0 Å². The van der Waals surface area contributed by atoms with E-state index in [4.69, 9.17) is 15.3 Å². The van der Waals surface area contributed by atoms with Crippen LogP contribution in [0.5, 0.6) is 0 Å². The van der Waals surface area contributed by atoms with Crippen molar-refractivity contribution in [1.29, 1.82) is 0 Å². The Morgan fingerprint density at radius 3 is 2.08 bits per heavy atom. The third kappa shape index (κ3) is 3.89. The van der Waals surface area contributed by atoms with E-state index in [0.717, 1.165) is 0 Å². The minimum Gasteiger partial charge on any atom is -0.479 e. The van der Waals surface area contributed by atoms with Gasteiger partial charge in [-0.25, -0.2) is 4.79 Å². The lowest BCUT2D eigenvalue weighted by Gasteiger charge is -2.08. The van der Waals surface area contributed by atoms with E-state index in [-0.39, 0.29) is 0 Å². The molecule has 0 spiro atoms. The van der Waals surface area contributed by atoms with Gasteiger partial charge in [0.05, 0.1) is 13.2 Å². The molecule has 0 fully saturated rings. The van der Waals surface area contributed by atoms with Gasteiger partial charge in [-0.05, 0) is 0 Å². The SMILES string of the molecule is O=C(O)COC(=O)C(CO)CO. The second kappa shape index (κ2) is 5.50. The van der Waals surface area contributed by atoms with E-state index >= 15 is 0 Å². The van der Waals surface area contributed by atoms with Gasteiger partial charge in [0.2, 0.25) is 0 Å². The van der Waals surface area contributed by atoms with E-state index in [1.54, 1.807) is 0 Å². The summed E-state index contributed by atoms with van der Waals surface area (Å²) in [5.74, 6) is -3.25. The number of carbonyl (C=O) groups excluding carboxylic acids is 1. The topological polar surface area (TPSA) is 104 Å². The molecule has 0 amide bonds. The van der Waals surface area contributed by atoms with Gasteiger partial charge < -0.3 is 20.1 Å². The molecule has 3 N–H and O–H groups in total. The molecule has 70 valence electrons. The van der Waals surface area contributed by atoms with Crippen molar-refractivity contribution in [3.8, 4) is 0 Å². The predicted molar refractivity (Wildman–Crippen MR) is 36.3 cm³/mol. The van der Waals surface area contributed by atoms with Gasteiger partial charge in [0, 0.05) is 0 Å². The maximum Gasteiger partial charge on any atom is 0.341 e. The third-order valence-corrected chi connectivity index (χ3v) is 1.11. The summed E-state index contributed by atoms with van der Waals surface area (Å²) < 4.78 is 4.19. The third-order valence-electron chi connectivity index (χ3n) is 1.11. The number of ether oxygens (including phenoxy) is 1. The molecular weight excluding hydrogens is 168 g/mol. The van der Waals surface area contributed by atoms with Crippen molar-refractivity contribution >= 4 is 11.9 Å². The number of hydrogen-bond acceptors (Lipinski definition) is 5. The van der Waals surface area contributed by atoms with Crippen molar-refractivity contribution in [3.05, 3.63) is 0 Å². The van der Waals surface area contributed by atoms with Crippen LogP contribution in [0.15, 0.2) is 0 Å². The van der Waals surface area contributed by atoms with Gasteiger partial charge in [0.15, 0.2) is 6.61 Å². The second-order valence-corrected chi connectivity index (χ2v) is 2.06. The van der Waals surface area contributed by atoms with Crippen molar-refractivity contribution < 1.29 is 29.6 Å². The Morgan fingerprint density at radius 2 is 1.75 bits per heavy atom. The van der Waals surface area contributed by atoms with Gasteiger partial charge in [-0.15, -0.1) is 0 Å². The molecule has 0 bridgehead atoms. The van der Waals surface area contributed by atoms with Crippen molar-refractivity contribution in [2.45, 2.75) is 0 Å². The average molecular weight is 178 g/mol. The molecule has 0 atom stereocenters. The number of hydrogen-bond donors (Lipinski definition) is 3. The molecule has 12 heavy (non-hydrogen) atoms. The Balaban J connectivity index is 3.77. The van der Waals surface area contributed by atoms with E-state index in [2.05, 4.69) is 4.74 Å². The standard InChI is InChI=1S/C6H10O6/c7-1-4(2-8)6(11)12-3-5(9)10/h4,7-8H,1-3H2,(H,9,10). The smallest absolute Gasteiger partial charge is 0.341 e. The van der Waals surface area contributed by atoms with Crippen LogP contribution in [0.1, 0.15) is 0 Å². The van der Waals surface area contributed by atoms with Gasteiger partial charge in [-0.1, -0.05) is 0 Å². The van der Waals surface area contributed by atoms with Gasteiger partial charge in [0.1, 0.15) is 5.92 Å². The molecule has 0 aliphatic carbocycles. The minimum absolute atomic E-state index is 0.561. The summed E-state index contributed by atoms with van der Waals surface area (Å²) in [6, 6.07) is 0. The van der Waals surface area contributed by atoms with Gasteiger partial charge >= 0.3 is 11.9 Å². The maximum atomic E-state index is 10.7. The molecule has 6 heteroatoms. The number of esters is 1. The van der Waals surface area contributed by atoms with Crippen LogP contribution in [-0.2, 0) is 14.3 Å². The highest BCUT2D eigenvalue weighted by Crippen LogP contribution is 1.96. The predicted octanol–water partition coefficient (Wildman–Crippen LogP) is -1.78. The summed E-state index contributed by atoms with van der Waals surface area (Å²) >= 11 is 0. The Labute approximate surface area is 68.4 Å². The fourth-order valence-electron chi connectivity index (χ4n) is 0.458. The lowest BCUT2D eigenvalue weighted by Crippen LogP contribution is -2.26. The number of aliphatic carboxylic acids is 1. The zero-order valence-electron chi connectivity index (χ0n) is 6.27. The van der Waals surface area contributed by atoms with Crippen LogP contribution in [0, 0.1) is 5.92 Å². The average Bonchev–Trinajstić information content (AvgIpc) is 2.03. The fourth-order valence-corrected chi connectivity index (χ4v) is 0.458. The van der Waals surface area contributed by atoms with Crippen molar-refractivity contribution in [2.75, 3.05) is 19.8 Å². The van der Waals surface area contributed by atoms with Crippen molar-refractivity contribution in [2.24, 2.45) is 5.92 Å². The minimum atomic E-state index is -1.28. The molecule has 0 saturated heterocycles. The molecule has 0 aliphatic heterocycles. The van der Waals surface area contributed by atoms with Gasteiger partial charge in [0.25, 0.3) is 0 Å². The number of aliphatic hydroxyl groups excluding tert-OH is 2. The summed E-state index contributed by atoms with van der Waals surface area (Å²) in [6.45, 7) is -1.88. The molecule has 0 saturated carbocycles. The molecular formula is C6H10O6. The second-order valence-electron chi connectivity index (χ2n) is 2.06. The molecule has 0 aromatic carbocycles. The summed E-state index contributed by atoms with van der Waals surface area (Å²) in [5.41, 5.74) is 0. The highest BCUT2D eigenvalue weighted by molar-refractivity contribution is 5.76. The Morgan fingerprint density at radius 1 is 1.25 bits per heavy atom. The Kier molecular flexibility index (Phi) is 4.98. The largest absolute Gasteiger partial charge is 0.479 e. The highest BCUT2D eigenvalue weighted by atomic mass is 16.6.